The van der Waals surface area contributed by atoms with Crippen LogP contribution >= 0.6 is 11.3 Å². The minimum absolute atomic E-state index is 0.693. The zero-order chi connectivity index (χ0) is 11.0. The molecule has 0 bridgehead atoms. The molecule has 3 aromatic rings. The van der Waals surface area contributed by atoms with Crippen LogP contribution in [0.5, 0.6) is 5.19 Å². The van der Waals surface area contributed by atoms with Crippen molar-refractivity contribution in [1.29, 1.82) is 0 Å². The highest BCUT2D eigenvalue weighted by Crippen LogP contribution is 2.34. The quantitative estimate of drug-likeness (QED) is 0.733. The van der Waals surface area contributed by atoms with E-state index in [0.717, 1.165) is 10.4 Å². The van der Waals surface area contributed by atoms with Crippen LogP contribution in [0.15, 0.2) is 36.7 Å². The van der Waals surface area contributed by atoms with Gasteiger partial charge in [0.15, 0.2) is 0 Å². The lowest BCUT2D eigenvalue weighted by Gasteiger charge is -1.98. The fraction of sp³-hybridized carbons (Fsp3) is 0.0833. The average molecular weight is 230 g/mol. The number of rotatable bonds is 2. The molecule has 0 saturated carbocycles. The zero-order valence-corrected chi connectivity index (χ0v) is 9.54. The van der Waals surface area contributed by atoms with E-state index in [-0.39, 0.29) is 0 Å². The largest absolute Gasteiger partial charge is 0.473 e. The van der Waals surface area contributed by atoms with Gasteiger partial charge in [-0.2, -0.15) is 0 Å². The Hall–Kier alpha value is -1.81. The van der Waals surface area contributed by atoms with Gasteiger partial charge in [-0.1, -0.05) is 29.5 Å². The van der Waals surface area contributed by atoms with Gasteiger partial charge >= 0.3 is 0 Å². The smallest absolute Gasteiger partial charge is 0.273 e. The summed E-state index contributed by atoms with van der Waals surface area (Å²) >= 11 is 1.55. The fourth-order valence-corrected chi connectivity index (χ4v) is 2.53. The molecule has 3 rings (SSSR count). The van der Waals surface area contributed by atoms with Gasteiger partial charge in [0, 0.05) is 23.3 Å². The molecule has 1 N–H and O–H groups in total. The third-order valence-electron chi connectivity index (χ3n) is 2.51. The highest BCUT2D eigenvalue weighted by molar-refractivity contribution is 7.16. The van der Waals surface area contributed by atoms with E-state index in [4.69, 9.17) is 4.74 Å². The third-order valence-corrected chi connectivity index (χ3v) is 3.50. The average Bonchev–Trinajstić information content (AvgIpc) is 2.97. The number of nitrogens with one attached hydrogen (secondary N) is 1. The van der Waals surface area contributed by atoms with Crippen molar-refractivity contribution in [3.8, 4) is 15.6 Å². The van der Waals surface area contributed by atoms with E-state index < -0.39 is 0 Å². The maximum atomic E-state index is 5.11. The molecule has 0 spiro atoms. The van der Waals surface area contributed by atoms with E-state index in [1.807, 2.05) is 12.4 Å². The lowest BCUT2D eigenvalue weighted by atomic mass is 10.1. The maximum absolute atomic E-state index is 5.11. The summed E-state index contributed by atoms with van der Waals surface area (Å²) in [6, 6.07) is 8.30. The van der Waals surface area contributed by atoms with E-state index in [9.17, 15) is 0 Å². The summed E-state index contributed by atoms with van der Waals surface area (Å²) in [6.45, 7) is 0. The van der Waals surface area contributed by atoms with Gasteiger partial charge in [-0.3, -0.25) is 0 Å². The molecule has 0 radical (unpaired) electrons. The van der Waals surface area contributed by atoms with Crippen molar-refractivity contribution in [2.45, 2.75) is 0 Å². The Morgan fingerprint density at radius 2 is 2.25 bits per heavy atom. The van der Waals surface area contributed by atoms with Crippen LogP contribution in [0.3, 0.4) is 0 Å². The summed E-state index contributed by atoms with van der Waals surface area (Å²) in [7, 11) is 1.64. The number of para-hydroxylation sites is 1. The summed E-state index contributed by atoms with van der Waals surface area (Å²) < 4.78 is 5.11. The fourth-order valence-electron chi connectivity index (χ4n) is 1.77. The molecule has 2 aromatic heterocycles. The summed E-state index contributed by atoms with van der Waals surface area (Å²) in [5.41, 5.74) is 2.32. The molecule has 0 aliphatic heterocycles. The molecule has 0 aliphatic carbocycles. The number of nitrogens with zero attached hydrogens (tertiary/aromatic N) is 1. The van der Waals surface area contributed by atoms with Crippen LogP contribution in [0.25, 0.3) is 21.3 Å². The highest BCUT2D eigenvalue weighted by atomic mass is 32.1. The van der Waals surface area contributed by atoms with Gasteiger partial charge in [0.25, 0.3) is 5.19 Å². The first-order valence-corrected chi connectivity index (χ1v) is 5.76. The van der Waals surface area contributed by atoms with Gasteiger partial charge in [-0.15, -0.1) is 0 Å². The van der Waals surface area contributed by atoms with Crippen LogP contribution in [0.2, 0.25) is 0 Å². The number of aromatic amines is 1. The SMILES string of the molecule is COc1ncc(-c2cccc3cc[nH]c23)s1. The molecular weight excluding hydrogens is 220 g/mol. The summed E-state index contributed by atoms with van der Waals surface area (Å²) in [4.78, 5) is 8.55. The topological polar surface area (TPSA) is 37.9 Å². The van der Waals surface area contributed by atoms with Crippen LogP contribution < -0.4 is 4.74 Å². The Labute approximate surface area is 96.7 Å². The van der Waals surface area contributed by atoms with Crippen molar-refractivity contribution in [1.82, 2.24) is 9.97 Å². The first-order chi connectivity index (χ1) is 7.88. The van der Waals surface area contributed by atoms with Gasteiger partial charge in [0.05, 0.1) is 17.5 Å². The predicted molar refractivity (Wildman–Crippen MR) is 66.0 cm³/mol. The van der Waals surface area contributed by atoms with Crippen molar-refractivity contribution in [3.63, 3.8) is 0 Å². The Balaban J connectivity index is 2.21. The van der Waals surface area contributed by atoms with Crippen LogP contribution in [-0.4, -0.2) is 17.1 Å². The summed E-state index contributed by atoms with van der Waals surface area (Å²) in [5, 5.41) is 1.91. The Bertz CT molecular complexity index is 627. The highest BCUT2D eigenvalue weighted by Gasteiger charge is 2.08. The second-order valence-electron chi connectivity index (χ2n) is 3.44. The van der Waals surface area contributed by atoms with Gasteiger partial charge in [-0.05, 0) is 6.07 Å². The number of hydrogen-bond acceptors (Lipinski definition) is 3. The predicted octanol–water partition coefficient (Wildman–Crippen LogP) is 3.30. The van der Waals surface area contributed by atoms with E-state index in [0.29, 0.717) is 5.19 Å². The molecule has 0 saturated heterocycles. The molecule has 0 unspecified atom stereocenters. The van der Waals surface area contributed by atoms with Crippen molar-refractivity contribution >= 4 is 22.2 Å². The van der Waals surface area contributed by atoms with Gasteiger partial charge < -0.3 is 9.72 Å². The van der Waals surface area contributed by atoms with Gasteiger partial charge in [0.2, 0.25) is 0 Å². The van der Waals surface area contributed by atoms with E-state index in [2.05, 4.69) is 34.2 Å². The molecule has 0 aliphatic rings. The molecule has 16 heavy (non-hydrogen) atoms. The zero-order valence-electron chi connectivity index (χ0n) is 8.73. The number of thiazole rings is 1. The molecule has 3 nitrogen and oxygen atoms in total. The van der Waals surface area contributed by atoms with E-state index in [1.54, 1.807) is 18.4 Å². The number of methoxy groups -OCH3 is 1. The Kier molecular flexibility index (Phi) is 2.15. The van der Waals surface area contributed by atoms with Crippen LogP contribution in [0, 0.1) is 0 Å². The molecule has 80 valence electrons. The van der Waals surface area contributed by atoms with E-state index >= 15 is 0 Å². The maximum Gasteiger partial charge on any atom is 0.273 e. The number of H-pyrrole nitrogens is 1. The van der Waals surface area contributed by atoms with Crippen molar-refractivity contribution in [2.24, 2.45) is 0 Å². The Morgan fingerprint density at radius 3 is 3.06 bits per heavy atom. The lowest BCUT2D eigenvalue weighted by Crippen LogP contribution is -1.76. The molecule has 1 aromatic carbocycles. The van der Waals surface area contributed by atoms with E-state index in [1.165, 1.54) is 10.9 Å². The summed E-state index contributed by atoms with van der Waals surface area (Å²) in [6.07, 6.45) is 3.80. The van der Waals surface area contributed by atoms with Crippen molar-refractivity contribution in [3.05, 3.63) is 36.7 Å². The van der Waals surface area contributed by atoms with Crippen molar-refractivity contribution in [2.75, 3.05) is 7.11 Å². The number of ether oxygens (including phenoxy) is 1. The molecule has 2 heterocycles. The first-order valence-electron chi connectivity index (χ1n) is 4.95. The Morgan fingerprint density at radius 1 is 1.31 bits per heavy atom. The minimum Gasteiger partial charge on any atom is -0.473 e. The van der Waals surface area contributed by atoms with Crippen molar-refractivity contribution < 1.29 is 4.74 Å². The van der Waals surface area contributed by atoms with Gasteiger partial charge in [-0.25, -0.2) is 4.98 Å². The molecule has 4 heteroatoms. The third kappa shape index (κ3) is 1.39. The lowest BCUT2D eigenvalue weighted by molar-refractivity contribution is 0.412. The molecular formula is C12H10N2OS. The molecule has 0 amide bonds. The second kappa shape index (κ2) is 3.64. The minimum atomic E-state index is 0.693. The number of benzene rings is 1. The second-order valence-corrected chi connectivity index (χ2v) is 4.44. The summed E-state index contributed by atoms with van der Waals surface area (Å²) in [5.74, 6) is 0. The monoisotopic (exact) mass is 230 g/mol. The molecule has 0 fully saturated rings. The first kappa shape index (κ1) is 9.42. The van der Waals surface area contributed by atoms with Gasteiger partial charge in [0.1, 0.15) is 0 Å². The number of fused-ring (bicyclic) bond motifs is 1. The van der Waals surface area contributed by atoms with Crippen LogP contribution in [-0.2, 0) is 0 Å². The number of hydrogen-bond donors (Lipinski definition) is 1. The van der Waals surface area contributed by atoms with Crippen LogP contribution in [0.1, 0.15) is 0 Å². The number of aromatic nitrogens is 2. The van der Waals surface area contributed by atoms with Crippen LogP contribution in [0.4, 0.5) is 0 Å². The molecule has 0 atom stereocenters. The normalized spacial score (nSPS) is 10.8. The standard InChI is InChI=1S/C12H10N2OS/c1-15-12-14-7-10(16-12)9-4-2-3-8-5-6-13-11(8)9/h2-7,13H,1H3.